The Labute approximate surface area is 134 Å². The van der Waals surface area contributed by atoms with Gasteiger partial charge in [0.25, 0.3) is 0 Å². The number of hydrogen-bond acceptors (Lipinski definition) is 3. The summed E-state index contributed by atoms with van der Waals surface area (Å²) >= 11 is 0. The third-order valence-corrected chi connectivity index (χ3v) is 3.60. The van der Waals surface area contributed by atoms with Gasteiger partial charge in [-0.15, -0.1) is 0 Å². The third-order valence-electron chi connectivity index (χ3n) is 3.60. The number of amides is 1. The van der Waals surface area contributed by atoms with Gasteiger partial charge >= 0.3 is 0 Å². The Morgan fingerprint density at radius 1 is 1.22 bits per heavy atom. The largest absolute Gasteiger partial charge is 0.495 e. The zero-order chi connectivity index (χ0) is 16.2. The monoisotopic (exact) mass is 304 g/mol. The van der Waals surface area contributed by atoms with E-state index in [0.717, 1.165) is 22.0 Å². The molecule has 1 heterocycles. The highest BCUT2D eigenvalue weighted by molar-refractivity contribution is 6.08. The zero-order valence-corrected chi connectivity index (χ0v) is 12.7. The number of benzene rings is 2. The molecule has 0 atom stereocenters. The Hall–Kier alpha value is -3.14. The van der Waals surface area contributed by atoms with E-state index in [2.05, 4.69) is 16.9 Å². The molecule has 0 unspecified atom stereocenters. The lowest BCUT2D eigenvalue weighted by atomic mass is 10.0. The van der Waals surface area contributed by atoms with Gasteiger partial charge in [-0.1, -0.05) is 30.8 Å². The van der Waals surface area contributed by atoms with E-state index in [9.17, 15) is 4.79 Å². The van der Waals surface area contributed by atoms with Crippen LogP contribution in [0.2, 0.25) is 0 Å². The van der Waals surface area contributed by atoms with Crippen molar-refractivity contribution < 1.29 is 9.53 Å². The zero-order valence-electron chi connectivity index (χ0n) is 12.7. The van der Waals surface area contributed by atoms with E-state index in [1.165, 1.54) is 6.08 Å². The van der Waals surface area contributed by atoms with Gasteiger partial charge in [-0.25, -0.2) is 0 Å². The van der Waals surface area contributed by atoms with Crippen LogP contribution in [0.25, 0.3) is 22.0 Å². The standard InChI is InChI=1S/C19H16N2O2/c1-3-18(22)21-19-15-12-14(16-6-4-5-11-20-16)8-7-13(15)9-10-17(19)23-2/h3-12H,1H2,2H3,(H,21,22). The summed E-state index contributed by atoms with van der Waals surface area (Å²) in [5.74, 6) is 0.324. The summed E-state index contributed by atoms with van der Waals surface area (Å²) in [6, 6.07) is 15.6. The highest BCUT2D eigenvalue weighted by Gasteiger charge is 2.11. The van der Waals surface area contributed by atoms with Crippen molar-refractivity contribution in [3.63, 3.8) is 0 Å². The van der Waals surface area contributed by atoms with Crippen LogP contribution >= 0.6 is 0 Å². The first-order valence-electron chi connectivity index (χ1n) is 7.18. The molecule has 2 aromatic carbocycles. The summed E-state index contributed by atoms with van der Waals surface area (Å²) in [6.07, 6.45) is 2.99. The Morgan fingerprint density at radius 3 is 2.74 bits per heavy atom. The minimum absolute atomic E-state index is 0.279. The average molecular weight is 304 g/mol. The fourth-order valence-corrected chi connectivity index (χ4v) is 2.47. The number of fused-ring (bicyclic) bond motifs is 1. The number of nitrogens with one attached hydrogen (secondary N) is 1. The summed E-state index contributed by atoms with van der Waals surface area (Å²) in [4.78, 5) is 16.1. The molecule has 0 aliphatic carbocycles. The summed E-state index contributed by atoms with van der Waals surface area (Å²) in [5, 5.41) is 4.73. The van der Waals surface area contributed by atoms with Crippen molar-refractivity contribution in [2.24, 2.45) is 0 Å². The highest BCUT2D eigenvalue weighted by atomic mass is 16.5. The number of rotatable bonds is 4. The van der Waals surface area contributed by atoms with Crippen LogP contribution in [0.5, 0.6) is 5.75 Å². The lowest BCUT2D eigenvalue weighted by molar-refractivity contribution is -0.111. The molecule has 0 fully saturated rings. The molecular formula is C19H16N2O2. The van der Waals surface area contributed by atoms with E-state index < -0.39 is 0 Å². The Kier molecular flexibility index (Phi) is 4.06. The van der Waals surface area contributed by atoms with E-state index in [-0.39, 0.29) is 5.91 Å². The fourth-order valence-electron chi connectivity index (χ4n) is 2.47. The summed E-state index contributed by atoms with van der Waals surface area (Å²) in [5.41, 5.74) is 2.48. The van der Waals surface area contributed by atoms with E-state index in [4.69, 9.17) is 4.74 Å². The molecule has 1 amide bonds. The number of methoxy groups -OCH3 is 1. The van der Waals surface area contributed by atoms with Crippen molar-refractivity contribution >= 4 is 22.4 Å². The number of carbonyl (C=O) groups is 1. The van der Waals surface area contributed by atoms with Crippen molar-refractivity contribution in [1.82, 2.24) is 4.98 Å². The van der Waals surface area contributed by atoms with Gasteiger partial charge in [-0.05, 0) is 35.7 Å². The number of hydrogen-bond donors (Lipinski definition) is 1. The minimum atomic E-state index is -0.279. The van der Waals surface area contributed by atoms with Crippen molar-refractivity contribution in [1.29, 1.82) is 0 Å². The van der Waals surface area contributed by atoms with Crippen LogP contribution in [0.3, 0.4) is 0 Å². The predicted molar refractivity (Wildman–Crippen MR) is 92.6 cm³/mol. The smallest absolute Gasteiger partial charge is 0.247 e. The van der Waals surface area contributed by atoms with Crippen molar-refractivity contribution in [2.75, 3.05) is 12.4 Å². The minimum Gasteiger partial charge on any atom is -0.495 e. The number of aromatic nitrogens is 1. The molecule has 0 spiro atoms. The van der Waals surface area contributed by atoms with Crippen molar-refractivity contribution in [2.45, 2.75) is 0 Å². The topological polar surface area (TPSA) is 51.2 Å². The van der Waals surface area contributed by atoms with Gasteiger partial charge in [0.2, 0.25) is 5.91 Å². The summed E-state index contributed by atoms with van der Waals surface area (Å²) < 4.78 is 5.38. The molecule has 0 saturated carbocycles. The quantitative estimate of drug-likeness (QED) is 0.740. The maximum Gasteiger partial charge on any atom is 0.247 e. The maximum atomic E-state index is 11.8. The van der Waals surface area contributed by atoms with Gasteiger partial charge in [-0.2, -0.15) is 0 Å². The molecule has 4 heteroatoms. The number of anilines is 1. The maximum absolute atomic E-state index is 11.8. The van der Waals surface area contributed by atoms with Crippen LogP contribution in [0.15, 0.2) is 67.4 Å². The molecule has 0 saturated heterocycles. The van der Waals surface area contributed by atoms with Crippen LogP contribution in [-0.4, -0.2) is 18.0 Å². The van der Waals surface area contributed by atoms with E-state index >= 15 is 0 Å². The van der Waals surface area contributed by atoms with Crippen LogP contribution in [0.1, 0.15) is 0 Å². The number of ether oxygens (including phenoxy) is 1. The molecule has 4 nitrogen and oxygen atoms in total. The second kappa shape index (κ2) is 6.32. The van der Waals surface area contributed by atoms with Crippen molar-refractivity contribution in [3.05, 3.63) is 67.4 Å². The van der Waals surface area contributed by atoms with E-state index in [1.54, 1.807) is 13.3 Å². The van der Waals surface area contributed by atoms with Gasteiger partial charge in [0.05, 0.1) is 18.5 Å². The van der Waals surface area contributed by atoms with Gasteiger partial charge in [0.15, 0.2) is 0 Å². The number of pyridine rings is 1. The first kappa shape index (κ1) is 14.8. The number of nitrogens with zero attached hydrogens (tertiary/aromatic N) is 1. The normalized spacial score (nSPS) is 10.3. The molecule has 1 aromatic heterocycles. The molecule has 3 aromatic rings. The van der Waals surface area contributed by atoms with Crippen LogP contribution in [-0.2, 0) is 4.79 Å². The first-order chi connectivity index (χ1) is 11.2. The first-order valence-corrected chi connectivity index (χ1v) is 7.18. The van der Waals surface area contributed by atoms with Crippen LogP contribution < -0.4 is 10.1 Å². The summed E-state index contributed by atoms with van der Waals surface area (Å²) in [7, 11) is 1.58. The van der Waals surface area contributed by atoms with Crippen LogP contribution in [0.4, 0.5) is 5.69 Å². The Bertz CT molecular complexity index is 873. The van der Waals surface area contributed by atoms with E-state index in [0.29, 0.717) is 11.4 Å². The van der Waals surface area contributed by atoms with Gasteiger partial charge in [-0.3, -0.25) is 9.78 Å². The molecule has 0 bridgehead atoms. The summed E-state index contributed by atoms with van der Waals surface area (Å²) in [6.45, 7) is 3.49. The molecular weight excluding hydrogens is 288 g/mol. The fraction of sp³-hybridized carbons (Fsp3) is 0.0526. The number of carbonyl (C=O) groups excluding carboxylic acids is 1. The molecule has 0 aliphatic heterocycles. The lowest BCUT2D eigenvalue weighted by Gasteiger charge is -2.13. The molecule has 0 radical (unpaired) electrons. The second-order valence-electron chi connectivity index (χ2n) is 4.99. The van der Waals surface area contributed by atoms with Gasteiger partial charge in [0, 0.05) is 17.1 Å². The third kappa shape index (κ3) is 2.92. The molecule has 114 valence electrons. The van der Waals surface area contributed by atoms with Crippen molar-refractivity contribution in [3.8, 4) is 17.0 Å². The predicted octanol–water partition coefficient (Wildman–Crippen LogP) is 4.03. The Balaban J connectivity index is 2.21. The van der Waals surface area contributed by atoms with E-state index in [1.807, 2.05) is 48.5 Å². The average Bonchev–Trinajstić information content (AvgIpc) is 2.62. The highest BCUT2D eigenvalue weighted by Crippen LogP contribution is 2.35. The molecule has 0 aliphatic rings. The van der Waals surface area contributed by atoms with Gasteiger partial charge in [0.1, 0.15) is 5.75 Å². The lowest BCUT2D eigenvalue weighted by Crippen LogP contribution is -2.09. The van der Waals surface area contributed by atoms with Crippen LogP contribution in [0, 0.1) is 0 Å². The molecule has 3 rings (SSSR count). The SMILES string of the molecule is C=CC(=O)Nc1c(OC)ccc2ccc(-c3ccccn3)cc12. The molecule has 23 heavy (non-hydrogen) atoms. The second-order valence-corrected chi connectivity index (χ2v) is 4.99. The Morgan fingerprint density at radius 2 is 2.04 bits per heavy atom. The van der Waals surface area contributed by atoms with Gasteiger partial charge < -0.3 is 10.1 Å². The molecule has 1 N–H and O–H groups in total.